The van der Waals surface area contributed by atoms with Gasteiger partial charge in [-0.05, 0) is 31.6 Å². The van der Waals surface area contributed by atoms with Crippen LogP contribution in [0.25, 0.3) is 0 Å². The Kier molecular flexibility index (Phi) is 3.98. The minimum Gasteiger partial charge on any atom is -0.294 e. The topological polar surface area (TPSA) is 17.1 Å². The monoisotopic (exact) mass is 230 g/mol. The van der Waals surface area contributed by atoms with Crippen LogP contribution in [-0.4, -0.2) is 5.78 Å². The summed E-state index contributed by atoms with van der Waals surface area (Å²) in [6, 6.07) is 7.97. The highest BCUT2D eigenvalue weighted by Gasteiger charge is 2.21. The molecule has 1 aliphatic rings. The number of rotatable bonds is 3. The third kappa shape index (κ3) is 3.42. The van der Waals surface area contributed by atoms with Gasteiger partial charge >= 0.3 is 0 Å². The van der Waals surface area contributed by atoms with Crippen LogP contribution in [0.5, 0.6) is 0 Å². The molecule has 1 aliphatic carbocycles. The summed E-state index contributed by atoms with van der Waals surface area (Å²) in [7, 11) is 0. The van der Waals surface area contributed by atoms with Crippen molar-refractivity contribution in [2.45, 2.75) is 46.0 Å². The fourth-order valence-electron chi connectivity index (χ4n) is 2.65. The van der Waals surface area contributed by atoms with Crippen molar-refractivity contribution in [1.29, 1.82) is 0 Å². The smallest absolute Gasteiger partial charge is 0.163 e. The van der Waals surface area contributed by atoms with Crippen LogP contribution in [0.4, 0.5) is 0 Å². The van der Waals surface area contributed by atoms with Gasteiger partial charge < -0.3 is 0 Å². The van der Waals surface area contributed by atoms with Crippen molar-refractivity contribution in [2.75, 3.05) is 0 Å². The molecule has 1 heteroatoms. The van der Waals surface area contributed by atoms with Gasteiger partial charge in [-0.1, -0.05) is 49.6 Å². The van der Waals surface area contributed by atoms with Crippen LogP contribution in [0.1, 0.15) is 54.9 Å². The number of carbonyl (C=O) groups is 1. The lowest BCUT2D eigenvalue weighted by Crippen LogP contribution is -2.16. The van der Waals surface area contributed by atoms with Crippen LogP contribution >= 0.6 is 0 Å². The minimum absolute atomic E-state index is 0.324. The van der Waals surface area contributed by atoms with Gasteiger partial charge in [0.2, 0.25) is 0 Å². The van der Waals surface area contributed by atoms with E-state index in [2.05, 4.69) is 13.8 Å². The van der Waals surface area contributed by atoms with Crippen LogP contribution in [0.3, 0.4) is 0 Å². The summed E-state index contributed by atoms with van der Waals surface area (Å²) >= 11 is 0. The molecule has 1 fully saturated rings. The van der Waals surface area contributed by atoms with Gasteiger partial charge in [-0.15, -0.1) is 0 Å². The number of Topliss-reactive ketones (excluding diaryl/α,β-unsaturated/α-hetero) is 1. The lowest BCUT2D eigenvalue weighted by atomic mass is 9.80. The first-order chi connectivity index (χ1) is 8.15. The zero-order valence-electron chi connectivity index (χ0n) is 10.9. The zero-order valence-corrected chi connectivity index (χ0v) is 10.9. The molecule has 0 spiro atoms. The summed E-state index contributed by atoms with van der Waals surface area (Å²) in [5.74, 6) is 1.81. The third-order valence-corrected chi connectivity index (χ3v) is 3.98. The normalized spacial score (nSPS) is 24.6. The molecule has 1 nitrogen and oxygen atoms in total. The van der Waals surface area contributed by atoms with Gasteiger partial charge in [0.1, 0.15) is 0 Å². The molecule has 0 aromatic heterocycles. The molecule has 0 saturated heterocycles. The summed E-state index contributed by atoms with van der Waals surface area (Å²) in [5, 5.41) is 0. The average molecular weight is 230 g/mol. The van der Waals surface area contributed by atoms with Crippen molar-refractivity contribution < 1.29 is 4.79 Å². The van der Waals surface area contributed by atoms with Gasteiger partial charge in [-0.3, -0.25) is 4.79 Å². The summed E-state index contributed by atoms with van der Waals surface area (Å²) in [6.07, 6.45) is 5.81. The average Bonchev–Trinajstić information content (AvgIpc) is 2.33. The Morgan fingerprint density at radius 1 is 1.12 bits per heavy atom. The second-order valence-corrected chi connectivity index (χ2v) is 5.62. The molecule has 2 rings (SSSR count). The maximum atomic E-state index is 12.1. The summed E-state index contributed by atoms with van der Waals surface area (Å²) < 4.78 is 0. The Hall–Kier alpha value is -1.11. The Morgan fingerprint density at radius 3 is 2.29 bits per heavy atom. The Balaban J connectivity index is 1.91. The van der Waals surface area contributed by atoms with E-state index in [1.165, 1.54) is 31.2 Å². The van der Waals surface area contributed by atoms with Crippen molar-refractivity contribution in [3.05, 3.63) is 35.4 Å². The van der Waals surface area contributed by atoms with Crippen molar-refractivity contribution in [2.24, 2.45) is 11.8 Å². The van der Waals surface area contributed by atoms with Gasteiger partial charge in [0, 0.05) is 12.0 Å². The SMILES string of the molecule is Cc1ccc(C(=O)CC2CCC(C)CC2)cc1. The van der Waals surface area contributed by atoms with E-state index < -0.39 is 0 Å². The first-order valence-corrected chi connectivity index (χ1v) is 6.75. The molecule has 0 unspecified atom stereocenters. The van der Waals surface area contributed by atoms with Gasteiger partial charge in [0.15, 0.2) is 5.78 Å². The van der Waals surface area contributed by atoms with E-state index >= 15 is 0 Å². The van der Waals surface area contributed by atoms with E-state index in [1.807, 2.05) is 24.3 Å². The fraction of sp³-hybridized carbons (Fsp3) is 0.562. The van der Waals surface area contributed by atoms with E-state index in [-0.39, 0.29) is 0 Å². The zero-order chi connectivity index (χ0) is 12.3. The van der Waals surface area contributed by atoms with E-state index in [9.17, 15) is 4.79 Å². The van der Waals surface area contributed by atoms with Crippen LogP contribution in [0.15, 0.2) is 24.3 Å². The van der Waals surface area contributed by atoms with Crippen molar-refractivity contribution in [3.8, 4) is 0 Å². The van der Waals surface area contributed by atoms with Crippen LogP contribution < -0.4 is 0 Å². The molecular weight excluding hydrogens is 208 g/mol. The van der Waals surface area contributed by atoms with Gasteiger partial charge in [-0.25, -0.2) is 0 Å². The van der Waals surface area contributed by atoms with Gasteiger partial charge in [0.05, 0.1) is 0 Å². The highest BCUT2D eigenvalue weighted by molar-refractivity contribution is 5.96. The summed E-state index contributed by atoms with van der Waals surface area (Å²) in [5.41, 5.74) is 2.10. The first kappa shape index (κ1) is 12.3. The molecule has 1 aromatic rings. The second-order valence-electron chi connectivity index (χ2n) is 5.62. The highest BCUT2D eigenvalue weighted by atomic mass is 16.1. The van der Waals surface area contributed by atoms with Gasteiger partial charge in [0.25, 0.3) is 0 Å². The Labute approximate surface area is 104 Å². The minimum atomic E-state index is 0.324. The predicted octanol–water partition coefficient (Wildman–Crippen LogP) is 4.39. The fourth-order valence-corrected chi connectivity index (χ4v) is 2.65. The first-order valence-electron chi connectivity index (χ1n) is 6.75. The standard InChI is InChI=1S/C16H22O/c1-12-3-7-14(8-4-12)11-16(17)15-9-5-13(2)6-10-15/h5-6,9-10,12,14H,3-4,7-8,11H2,1-2H3. The summed E-state index contributed by atoms with van der Waals surface area (Å²) in [4.78, 5) is 12.1. The molecule has 0 radical (unpaired) electrons. The van der Waals surface area contributed by atoms with Crippen LogP contribution in [-0.2, 0) is 0 Å². The van der Waals surface area contributed by atoms with Crippen LogP contribution in [0, 0.1) is 18.8 Å². The predicted molar refractivity (Wildman–Crippen MR) is 71.2 cm³/mol. The molecule has 0 amide bonds. The number of hydrogen-bond donors (Lipinski definition) is 0. The Bertz CT molecular complexity index is 369. The lowest BCUT2D eigenvalue weighted by Gasteiger charge is -2.25. The Morgan fingerprint density at radius 2 is 1.71 bits per heavy atom. The molecule has 0 N–H and O–H groups in total. The molecule has 1 aromatic carbocycles. The molecule has 0 heterocycles. The highest BCUT2D eigenvalue weighted by Crippen LogP contribution is 2.31. The number of benzene rings is 1. The maximum Gasteiger partial charge on any atom is 0.163 e. The number of ketones is 1. The second kappa shape index (κ2) is 5.48. The number of hydrogen-bond acceptors (Lipinski definition) is 1. The van der Waals surface area contributed by atoms with E-state index in [4.69, 9.17) is 0 Å². The van der Waals surface area contributed by atoms with E-state index in [1.54, 1.807) is 0 Å². The molecule has 1 saturated carbocycles. The van der Waals surface area contributed by atoms with Gasteiger partial charge in [-0.2, -0.15) is 0 Å². The third-order valence-electron chi connectivity index (χ3n) is 3.98. The quantitative estimate of drug-likeness (QED) is 0.704. The maximum absolute atomic E-state index is 12.1. The number of carbonyl (C=O) groups excluding carboxylic acids is 1. The molecule has 0 aliphatic heterocycles. The molecule has 0 atom stereocenters. The lowest BCUT2D eigenvalue weighted by molar-refractivity contribution is 0.0944. The van der Waals surface area contributed by atoms with Crippen LogP contribution in [0.2, 0.25) is 0 Å². The van der Waals surface area contributed by atoms with Crippen molar-refractivity contribution in [1.82, 2.24) is 0 Å². The molecule has 0 bridgehead atoms. The van der Waals surface area contributed by atoms with Crippen molar-refractivity contribution in [3.63, 3.8) is 0 Å². The molecular formula is C16H22O. The van der Waals surface area contributed by atoms with Crippen molar-refractivity contribution >= 4 is 5.78 Å². The largest absolute Gasteiger partial charge is 0.294 e. The molecule has 17 heavy (non-hydrogen) atoms. The van der Waals surface area contributed by atoms with E-state index in [0.29, 0.717) is 11.7 Å². The number of aryl methyl sites for hydroxylation is 1. The summed E-state index contributed by atoms with van der Waals surface area (Å²) in [6.45, 7) is 4.37. The van der Waals surface area contributed by atoms with E-state index in [0.717, 1.165) is 17.9 Å². The molecule has 92 valence electrons.